The number of likely N-dealkylation sites (tertiary alicyclic amines) is 1. The Balaban J connectivity index is 2.08. The fourth-order valence-corrected chi connectivity index (χ4v) is 2.61. The third-order valence-electron chi connectivity index (χ3n) is 3.18. The van der Waals surface area contributed by atoms with Gasteiger partial charge in [-0.2, -0.15) is 0 Å². The number of piperidine rings is 1. The van der Waals surface area contributed by atoms with Crippen LogP contribution in [0.25, 0.3) is 0 Å². The zero-order chi connectivity index (χ0) is 12.4. The van der Waals surface area contributed by atoms with Crippen LogP contribution in [0, 0.1) is 9.49 Å². The molecular formula is C13H15ClINO. The fourth-order valence-electron chi connectivity index (χ4n) is 2.08. The third kappa shape index (κ3) is 3.13. The molecule has 2 atom stereocenters. The van der Waals surface area contributed by atoms with Crippen LogP contribution in [0.3, 0.4) is 0 Å². The minimum absolute atomic E-state index is 0.122. The lowest BCUT2D eigenvalue weighted by atomic mass is 9.99. The Labute approximate surface area is 120 Å². The van der Waals surface area contributed by atoms with Gasteiger partial charge in [-0.1, -0.05) is 6.92 Å². The number of amides is 1. The molecular weight excluding hydrogens is 349 g/mol. The van der Waals surface area contributed by atoms with E-state index in [0.717, 1.165) is 28.6 Å². The van der Waals surface area contributed by atoms with E-state index in [1.165, 1.54) is 0 Å². The second-order valence-electron chi connectivity index (χ2n) is 4.54. The number of nitrogens with zero attached hydrogens (tertiary/aromatic N) is 1. The Morgan fingerprint density at radius 2 is 2.06 bits per heavy atom. The van der Waals surface area contributed by atoms with Crippen LogP contribution in [-0.2, 0) is 0 Å². The van der Waals surface area contributed by atoms with Gasteiger partial charge in [-0.3, -0.25) is 4.79 Å². The Kier molecular flexibility index (Phi) is 4.31. The molecule has 17 heavy (non-hydrogen) atoms. The van der Waals surface area contributed by atoms with E-state index in [2.05, 4.69) is 29.5 Å². The topological polar surface area (TPSA) is 20.3 Å². The Morgan fingerprint density at radius 3 is 2.65 bits per heavy atom. The van der Waals surface area contributed by atoms with Crippen LogP contribution in [0.4, 0.5) is 0 Å². The van der Waals surface area contributed by atoms with Crippen LogP contribution < -0.4 is 0 Å². The van der Waals surface area contributed by atoms with E-state index < -0.39 is 0 Å². The summed E-state index contributed by atoms with van der Waals surface area (Å²) < 4.78 is 1.15. The number of halogens is 2. The van der Waals surface area contributed by atoms with Gasteiger partial charge in [0.05, 0.1) is 0 Å². The summed E-state index contributed by atoms with van der Waals surface area (Å²) >= 11 is 8.40. The minimum Gasteiger partial charge on any atom is -0.338 e. The van der Waals surface area contributed by atoms with Crippen molar-refractivity contribution in [3.05, 3.63) is 33.4 Å². The van der Waals surface area contributed by atoms with Gasteiger partial charge in [0.15, 0.2) is 0 Å². The summed E-state index contributed by atoms with van der Waals surface area (Å²) in [5.41, 5.74) is 0.769. The molecule has 0 saturated carbocycles. The highest BCUT2D eigenvalue weighted by Crippen LogP contribution is 2.23. The van der Waals surface area contributed by atoms with Crippen molar-refractivity contribution in [1.29, 1.82) is 0 Å². The van der Waals surface area contributed by atoms with Crippen molar-refractivity contribution in [1.82, 2.24) is 4.90 Å². The van der Waals surface area contributed by atoms with Crippen molar-refractivity contribution in [2.75, 3.05) is 13.1 Å². The molecule has 2 unspecified atom stereocenters. The molecule has 0 bridgehead atoms. The second-order valence-corrected chi connectivity index (χ2v) is 6.35. The first-order chi connectivity index (χ1) is 8.08. The van der Waals surface area contributed by atoms with Crippen molar-refractivity contribution in [2.24, 2.45) is 5.92 Å². The normalized spacial score (nSPS) is 24.8. The number of rotatable bonds is 1. The minimum atomic E-state index is 0.122. The number of carbonyl (C=O) groups is 1. The zero-order valence-electron chi connectivity index (χ0n) is 9.70. The first-order valence-corrected chi connectivity index (χ1v) is 7.28. The molecule has 1 aliphatic rings. The van der Waals surface area contributed by atoms with Gasteiger partial charge in [0.25, 0.3) is 5.91 Å². The average Bonchev–Trinajstić information content (AvgIpc) is 2.33. The molecule has 0 N–H and O–H groups in total. The number of carbonyl (C=O) groups excluding carboxylic acids is 1. The van der Waals surface area contributed by atoms with Gasteiger partial charge in [-0.25, -0.2) is 0 Å². The monoisotopic (exact) mass is 363 g/mol. The predicted molar refractivity (Wildman–Crippen MR) is 78.5 cm³/mol. The van der Waals surface area contributed by atoms with E-state index in [4.69, 9.17) is 11.6 Å². The number of hydrogen-bond acceptors (Lipinski definition) is 1. The first kappa shape index (κ1) is 13.1. The summed E-state index contributed by atoms with van der Waals surface area (Å²) in [5.74, 6) is 0.495. The Hall–Kier alpha value is -0.290. The van der Waals surface area contributed by atoms with Crippen molar-refractivity contribution in [3.63, 3.8) is 0 Å². The van der Waals surface area contributed by atoms with Crippen LogP contribution in [0.1, 0.15) is 23.7 Å². The molecule has 1 amide bonds. The van der Waals surface area contributed by atoms with Gasteiger partial charge >= 0.3 is 0 Å². The van der Waals surface area contributed by atoms with Crippen LogP contribution >= 0.6 is 34.2 Å². The lowest BCUT2D eigenvalue weighted by Crippen LogP contribution is -2.43. The number of benzene rings is 1. The van der Waals surface area contributed by atoms with E-state index >= 15 is 0 Å². The maximum Gasteiger partial charge on any atom is 0.253 e. The van der Waals surface area contributed by atoms with Crippen molar-refractivity contribution in [2.45, 2.75) is 18.7 Å². The van der Waals surface area contributed by atoms with E-state index in [1.807, 2.05) is 29.2 Å². The quantitative estimate of drug-likeness (QED) is 0.553. The summed E-state index contributed by atoms with van der Waals surface area (Å²) in [6.07, 6.45) is 0.888. The molecule has 2 rings (SSSR count). The molecule has 2 nitrogen and oxygen atoms in total. The van der Waals surface area contributed by atoms with Gasteiger partial charge in [0.2, 0.25) is 0 Å². The highest BCUT2D eigenvalue weighted by molar-refractivity contribution is 14.1. The lowest BCUT2D eigenvalue weighted by Gasteiger charge is -2.34. The lowest BCUT2D eigenvalue weighted by molar-refractivity contribution is 0.0687. The van der Waals surface area contributed by atoms with E-state index in [-0.39, 0.29) is 11.3 Å². The van der Waals surface area contributed by atoms with Crippen molar-refractivity contribution in [3.8, 4) is 0 Å². The maximum atomic E-state index is 12.2. The van der Waals surface area contributed by atoms with Crippen molar-refractivity contribution >= 4 is 40.1 Å². The molecule has 4 heteroatoms. The SMILES string of the molecule is CC1CN(C(=O)c2ccc(I)cc2)CCC1Cl. The van der Waals surface area contributed by atoms with E-state index in [1.54, 1.807) is 0 Å². The molecule has 0 radical (unpaired) electrons. The molecule has 92 valence electrons. The van der Waals surface area contributed by atoms with Gasteiger partial charge in [-0.15, -0.1) is 11.6 Å². The van der Waals surface area contributed by atoms with Crippen LogP contribution in [-0.4, -0.2) is 29.3 Å². The van der Waals surface area contributed by atoms with Gasteiger partial charge in [0.1, 0.15) is 0 Å². The van der Waals surface area contributed by atoms with Crippen LogP contribution in [0.5, 0.6) is 0 Å². The molecule has 1 aromatic rings. The van der Waals surface area contributed by atoms with Gasteiger partial charge in [-0.05, 0) is 59.2 Å². The predicted octanol–water partition coefficient (Wildman–Crippen LogP) is 3.38. The second kappa shape index (κ2) is 5.57. The van der Waals surface area contributed by atoms with Gasteiger partial charge in [0, 0.05) is 27.6 Å². The summed E-state index contributed by atoms with van der Waals surface area (Å²) in [4.78, 5) is 14.2. The Bertz CT molecular complexity index is 406. The molecule has 1 fully saturated rings. The third-order valence-corrected chi connectivity index (χ3v) is 4.55. The largest absolute Gasteiger partial charge is 0.338 e. The van der Waals surface area contributed by atoms with E-state index in [0.29, 0.717) is 5.92 Å². The zero-order valence-corrected chi connectivity index (χ0v) is 12.6. The Morgan fingerprint density at radius 1 is 1.41 bits per heavy atom. The van der Waals surface area contributed by atoms with E-state index in [9.17, 15) is 4.79 Å². The molecule has 1 aromatic carbocycles. The van der Waals surface area contributed by atoms with Crippen LogP contribution in [0.2, 0.25) is 0 Å². The molecule has 1 aliphatic heterocycles. The summed E-state index contributed by atoms with van der Waals surface area (Å²) in [6.45, 7) is 3.63. The highest BCUT2D eigenvalue weighted by Gasteiger charge is 2.27. The summed E-state index contributed by atoms with van der Waals surface area (Å²) in [7, 11) is 0. The maximum absolute atomic E-state index is 12.2. The van der Waals surface area contributed by atoms with Crippen molar-refractivity contribution < 1.29 is 4.79 Å². The average molecular weight is 364 g/mol. The summed E-state index contributed by atoms with van der Waals surface area (Å²) in [6, 6.07) is 7.71. The summed E-state index contributed by atoms with van der Waals surface area (Å²) in [5, 5.41) is 0.204. The van der Waals surface area contributed by atoms with Gasteiger partial charge < -0.3 is 4.90 Å². The molecule has 0 aromatic heterocycles. The molecule has 1 saturated heterocycles. The fraction of sp³-hybridized carbons (Fsp3) is 0.462. The smallest absolute Gasteiger partial charge is 0.253 e. The molecule has 0 spiro atoms. The number of alkyl halides is 1. The highest BCUT2D eigenvalue weighted by atomic mass is 127. The number of hydrogen-bond donors (Lipinski definition) is 0. The standard InChI is InChI=1S/C13H15ClINO/c1-9-8-16(7-6-12(9)14)13(17)10-2-4-11(15)5-3-10/h2-5,9,12H,6-8H2,1H3. The molecule has 1 heterocycles. The first-order valence-electron chi connectivity index (χ1n) is 5.77. The molecule has 0 aliphatic carbocycles. The van der Waals surface area contributed by atoms with Crippen LogP contribution in [0.15, 0.2) is 24.3 Å².